The Balaban J connectivity index is 1.67. The Morgan fingerprint density at radius 1 is 1.38 bits per heavy atom. The highest BCUT2D eigenvalue weighted by Gasteiger charge is 2.52. The number of piperidine rings is 3. The summed E-state index contributed by atoms with van der Waals surface area (Å²) >= 11 is 0. The Morgan fingerprint density at radius 2 is 2.25 bits per heavy atom. The topological polar surface area (TPSA) is 45.3 Å². The highest BCUT2D eigenvalue weighted by Crippen LogP contribution is 2.53. The van der Waals surface area contributed by atoms with Crippen molar-refractivity contribution in [2.24, 2.45) is 11.8 Å². The summed E-state index contributed by atoms with van der Waals surface area (Å²) in [5.74, 6) is 1.44. The lowest BCUT2D eigenvalue weighted by molar-refractivity contribution is -0.121. The van der Waals surface area contributed by atoms with Crippen LogP contribution >= 0.6 is 0 Å². The molecule has 1 N–H and O–H groups in total. The zero-order valence-electron chi connectivity index (χ0n) is 14.1. The van der Waals surface area contributed by atoms with Crippen LogP contribution in [0.3, 0.4) is 0 Å². The molecule has 0 amide bonds. The average Bonchev–Trinajstić information content (AvgIpc) is 2.99. The summed E-state index contributed by atoms with van der Waals surface area (Å²) in [6.07, 6.45) is 5.45. The number of carbonyl (C=O) groups excluding carboxylic acids is 1. The molecule has 1 aromatic carbocycles. The second-order valence-corrected chi connectivity index (χ2v) is 7.31. The lowest BCUT2D eigenvalue weighted by atomic mass is 9.64. The molecule has 4 nitrogen and oxygen atoms in total. The van der Waals surface area contributed by atoms with E-state index in [1.54, 1.807) is 7.11 Å². The fourth-order valence-electron chi connectivity index (χ4n) is 5.33. The molecule has 5 heterocycles. The second-order valence-electron chi connectivity index (χ2n) is 7.31. The van der Waals surface area contributed by atoms with Gasteiger partial charge >= 0.3 is 0 Å². The monoisotopic (exact) mass is 322 g/mol. The van der Waals surface area contributed by atoms with E-state index in [1.807, 2.05) is 6.07 Å². The largest absolute Gasteiger partial charge is 0.497 e. The van der Waals surface area contributed by atoms with Crippen molar-refractivity contribution in [3.05, 3.63) is 41.1 Å². The molecule has 3 saturated heterocycles. The minimum absolute atomic E-state index is 0.137. The lowest BCUT2D eigenvalue weighted by Gasteiger charge is -2.57. The van der Waals surface area contributed by atoms with Gasteiger partial charge in [-0.2, -0.15) is 0 Å². The van der Waals surface area contributed by atoms with Gasteiger partial charge in [-0.3, -0.25) is 4.90 Å². The van der Waals surface area contributed by atoms with E-state index in [1.165, 1.54) is 28.5 Å². The van der Waals surface area contributed by atoms with Crippen LogP contribution in [0.25, 0.3) is 10.9 Å². The number of aromatic amines is 1. The van der Waals surface area contributed by atoms with Crippen LogP contribution in [-0.2, 0) is 11.2 Å². The Kier molecular flexibility index (Phi) is 2.95. The van der Waals surface area contributed by atoms with Gasteiger partial charge in [-0.15, -0.1) is 0 Å². The van der Waals surface area contributed by atoms with Gasteiger partial charge < -0.3 is 14.5 Å². The van der Waals surface area contributed by atoms with E-state index in [4.69, 9.17) is 4.74 Å². The molecule has 1 aromatic heterocycles. The number of fused-ring (bicyclic) bond motifs is 4. The molecule has 0 radical (unpaired) electrons. The number of rotatable bonds is 2. The highest BCUT2D eigenvalue weighted by molar-refractivity contribution is 5.86. The van der Waals surface area contributed by atoms with E-state index in [0.29, 0.717) is 18.0 Å². The number of nitrogens with one attached hydrogen (secondary N) is 1. The molecular weight excluding hydrogens is 300 g/mol. The zero-order valence-corrected chi connectivity index (χ0v) is 14.1. The van der Waals surface area contributed by atoms with Gasteiger partial charge in [-0.25, -0.2) is 0 Å². The molecule has 124 valence electrons. The van der Waals surface area contributed by atoms with E-state index < -0.39 is 0 Å². The van der Waals surface area contributed by atoms with Crippen LogP contribution in [0.1, 0.15) is 30.6 Å². The normalized spacial score (nSPS) is 35.2. The number of hydrogen-bond acceptors (Lipinski definition) is 3. The van der Waals surface area contributed by atoms with Crippen LogP contribution in [-0.4, -0.2) is 35.9 Å². The number of allylic oxidation sites excluding steroid dienone is 1. The van der Waals surface area contributed by atoms with Gasteiger partial charge in [0.15, 0.2) is 0 Å². The minimum atomic E-state index is 0.137. The van der Waals surface area contributed by atoms with Crippen molar-refractivity contribution in [2.75, 3.05) is 13.7 Å². The van der Waals surface area contributed by atoms with Crippen molar-refractivity contribution < 1.29 is 9.53 Å². The van der Waals surface area contributed by atoms with Gasteiger partial charge in [0.2, 0.25) is 0 Å². The molecule has 0 saturated carbocycles. The number of ether oxygens (including phenoxy) is 1. The molecule has 3 fully saturated rings. The van der Waals surface area contributed by atoms with Crippen LogP contribution < -0.4 is 4.74 Å². The Bertz CT molecular complexity index is 866. The first kappa shape index (κ1) is 14.3. The standard InChI is InChI=1S/C20H22N2O2/c1-3-11-9-22-18-8-15-13-5-4-12(24-2)6-17(13)21-20(15)19(22)7-14(11)16(18)10-23/h3-6,10,14,16,18-19,21H,7-9H2,1-2H3/b11-3-/t14-,16?,18-,19-/m0/s1. The van der Waals surface area contributed by atoms with E-state index >= 15 is 0 Å². The number of aldehydes is 1. The van der Waals surface area contributed by atoms with Crippen molar-refractivity contribution in [1.82, 2.24) is 9.88 Å². The van der Waals surface area contributed by atoms with Crippen molar-refractivity contribution in [2.45, 2.75) is 31.8 Å². The van der Waals surface area contributed by atoms with Crippen LogP contribution in [0.15, 0.2) is 29.8 Å². The molecular formula is C20H22N2O2. The SMILES string of the molecule is C/C=C1/CN2[C@H]3C[C@@H]1C(C=O)[C@@H]2Cc1c3[nH]c2cc(OC)ccc12. The van der Waals surface area contributed by atoms with E-state index in [-0.39, 0.29) is 5.92 Å². The average molecular weight is 322 g/mol. The Hall–Kier alpha value is -2.07. The first-order valence-corrected chi connectivity index (χ1v) is 8.79. The molecule has 2 aromatic rings. The third kappa shape index (κ3) is 1.69. The Labute approximate surface area is 141 Å². The number of H-pyrrole nitrogens is 1. The van der Waals surface area contributed by atoms with Crippen molar-refractivity contribution in [1.29, 1.82) is 0 Å². The number of aromatic nitrogens is 1. The number of carbonyl (C=O) groups is 1. The van der Waals surface area contributed by atoms with Gasteiger partial charge in [0.1, 0.15) is 12.0 Å². The number of nitrogens with zero attached hydrogens (tertiary/aromatic N) is 1. The molecule has 6 rings (SSSR count). The minimum Gasteiger partial charge on any atom is -0.497 e. The predicted octanol–water partition coefficient (Wildman–Crippen LogP) is 3.24. The number of methoxy groups -OCH3 is 1. The number of benzene rings is 1. The van der Waals surface area contributed by atoms with Gasteiger partial charge in [0.05, 0.1) is 13.2 Å². The molecule has 0 spiro atoms. The first-order chi connectivity index (χ1) is 11.7. The van der Waals surface area contributed by atoms with Crippen LogP contribution in [0, 0.1) is 11.8 Å². The van der Waals surface area contributed by atoms with Gasteiger partial charge in [-0.05, 0) is 43.4 Å². The molecule has 4 aliphatic heterocycles. The third-order valence-corrected chi connectivity index (χ3v) is 6.47. The molecule has 5 atom stereocenters. The Morgan fingerprint density at radius 3 is 3.00 bits per heavy atom. The van der Waals surface area contributed by atoms with E-state index in [2.05, 4.69) is 35.0 Å². The maximum absolute atomic E-state index is 11.8. The second kappa shape index (κ2) is 4.96. The third-order valence-electron chi connectivity index (χ3n) is 6.47. The van der Waals surface area contributed by atoms with Crippen molar-refractivity contribution >= 4 is 17.2 Å². The van der Waals surface area contributed by atoms with E-state index in [9.17, 15) is 4.79 Å². The summed E-state index contributed by atoms with van der Waals surface area (Å²) in [6.45, 7) is 3.12. The number of hydrogen-bond donors (Lipinski definition) is 1. The predicted molar refractivity (Wildman–Crippen MR) is 93.2 cm³/mol. The zero-order chi connectivity index (χ0) is 16.4. The molecule has 0 aliphatic carbocycles. The quantitative estimate of drug-likeness (QED) is 0.682. The van der Waals surface area contributed by atoms with E-state index in [0.717, 1.165) is 30.7 Å². The molecule has 4 aliphatic rings. The van der Waals surface area contributed by atoms with Gasteiger partial charge in [0.25, 0.3) is 0 Å². The lowest BCUT2D eigenvalue weighted by Crippen LogP contribution is -2.60. The highest BCUT2D eigenvalue weighted by atomic mass is 16.5. The van der Waals surface area contributed by atoms with Crippen LogP contribution in [0.5, 0.6) is 5.75 Å². The van der Waals surface area contributed by atoms with Crippen molar-refractivity contribution in [3.63, 3.8) is 0 Å². The maximum Gasteiger partial charge on any atom is 0.125 e. The molecule has 2 unspecified atom stereocenters. The van der Waals surface area contributed by atoms with Crippen molar-refractivity contribution in [3.8, 4) is 5.75 Å². The summed E-state index contributed by atoms with van der Waals surface area (Å²) < 4.78 is 5.37. The molecule has 4 bridgehead atoms. The van der Waals surface area contributed by atoms with Gasteiger partial charge in [-0.1, -0.05) is 11.6 Å². The molecule has 24 heavy (non-hydrogen) atoms. The molecule has 4 heteroatoms. The summed E-state index contributed by atoms with van der Waals surface area (Å²) in [4.78, 5) is 18.1. The fourth-order valence-corrected chi connectivity index (χ4v) is 5.33. The summed E-state index contributed by atoms with van der Waals surface area (Å²) in [7, 11) is 1.70. The smallest absolute Gasteiger partial charge is 0.125 e. The fraction of sp³-hybridized carbons (Fsp3) is 0.450. The van der Waals surface area contributed by atoms with Crippen LogP contribution in [0.2, 0.25) is 0 Å². The van der Waals surface area contributed by atoms with Gasteiger partial charge in [0, 0.05) is 41.2 Å². The van der Waals surface area contributed by atoms with Crippen LogP contribution in [0.4, 0.5) is 0 Å². The first-order valence-electron chi connectivity index (χ1n) is 8.79. The maximum atomic E-state index is 11.8. The summed E-state index contributed by atoms with van der Waals surface area (Å²) in [5, 5.41) is 1.29. The summed E-state index contributed by atoms with van der Waals surface area (Å²) in [6, 6.07) is 7.04. The summed E-state index contributed by atoms with van der Waals surface area (Å²) in [5.41, 5.74) is 5.37.